The van der Waals surface area contributed by atoms with Crippen molar-refractivity contribution < 1.29 is 24.5 Å². The van der Waals surface area contributed by atoms with Gasteiger partial charge in [0, 0.05) is 12.8 Å². The van der Waals surface area contributed by atoms with Crippen molar-refractivity contribution in [2.75, 3.05) is 13.2 Å². The first-order chi connectivity index (χ1) is 37.5. The number of aliphatic hydroxyl groups is 2. The largest absolute Gasteiger partial charge is 0.466 e. The Morgan fingerprint density at radius 1 is 0.355 bits per heavy atom. The summed E-state index contributed by atoms with van der Waals surface area (Å²) in [5, 5.41) is 23.1. The van der Waals surface area contributed by atoms with Gasteiger partial charge < -0.3 is 20.3 Å². The first kappa shape index (κ1) is 74.6. The number of nitrogens with one attached hydrogen (secondary N) is 1. The van der Waals surface area contributed by atoms with Crippen LogP contribution in [0.2, 0.25) is 0 Å². The van der Waals surface area contributed by atoms with Crippen LogP contribution in [-0.4, -0.2) is 47.4 Å². The first-order valence-electron chi connectivity index (χ1n) is 35.0. The summed E-state index contributed by atoms with van der Waals surface area (Å²) in [6.07, 6.45) is 81.5. The van der Waals surface area contributed by atoms with Crippen LogP contribution in [0.5, 0.6) is 0 Å². The molecule has 2 atom stereocenters. The standard InChI is InChI=1S/C70H137NO5/c1-3-5-7-9-11-13-15-17-19-32-36-40-44-48-52-56-60-64-70(75)76-65-61-57-53-49-45-41-37-34-31-29-27-25-23-21-20-22-24-26-28-30-33-35-39-43-47-51-55-59-63-69(74)71-67(66-72)68(73)62-58-54-50-46-42-38-18-16-14-12-10-8-6-4-2/h58,62,67-68,72-73H,3-57,59-61,63-66H2,1-2H3,(H,71,74)/b62-58+. The number of aliphatic hydroxyl groups excluding tert-OH is 2. The predicted octanol–water partition coefficient (Wildman–Crippen LogP) is 22.4. The van der Waals surface area contributed by atoms with E-state index in [1.54, 1.807) is 6.08 Å². The van der Waals surface area contributed by atoms with Crippen LogP contribution in [-0.2, 0) is 14.3 Å². The van der Waals surface area contributed by atoms with E-state index in [4.69, 9.17) is 4.74 Å². The van der Waals surface area contributed by atoms with Gasteiger partial charge in [0.2, 0.25) is 5.91 Å². The van der Waals surface area contributed by atoms with Crippen LogP contribution < -0.4 is 5.32 Å². The fourth-order valence-corrected chi connectivity index (χ4v) is 11.2. The summed E-state index contributed by atoms with van der Waals surface area (Å²) in [4.78, 5) is 24.6. The van der Waals surface area contributed by atoms with E-state index in [1.807, 2.05) is 6.08 Å². The minimum Gasteiger partial charge on any atom is -0.466 e. The zero-order valence-electron chi connectivity index (χ0n) is 51.8. The van der Waals surface area contributed by atoms with Gasteiger partial charge in [-0.1, -0.05) is 366 Å². The van der Waals surface area contributed by atoms with Gasteiger partial charge in [0.15, 0.2) is 0 Å². The molecule has 0 bridgehead atoms. The molecule has 0 radical (unpaired) electrons. The van der Waals surface area contributed by atoms with Crippen molar-refractivity contribution in [1.82, 2.24) is 5.32 Å². The molecule has 0 spiro atoms. The summed E-state index contributed by atoms with van der Waals surface area (Å²) in [5.41, 5.74) is 0. The molecule has 0 heterocycles. The molecule has 0 aromatic rings. The Kier molecular flexibility index (Phi) is 64.9. The summed E-state index contributed by atoms with van der Waals surface area (Å²) in [6.45, 7) is 4.94. The van der Waals surface area contributed by atoms with Crippen LogP contribution >= 0.6 is 0 Å². The number of esters is 1. The number of hydrogen-bond acceptors (Lipinski definition) is 5. The zero-order valence-corrected chi connectivity index (χ0v) is 51.8. The van der Waals surface area contributed by atoms with Crippen molar-refractivity contribution >= 4 is 11.9 Å². The molecule has 3 N–H and O–H groups in total. The number of carbonyl (C=O) groups excluding carboxylic acids is 2. The van der Waals surface area contributed by atoms with Crippen LogP contribution in [0.3, 0.4) is 0 Å². The molecular formula is C70H137NO5. The third kappa shape index (κ3) is 61.8. The normalized spacial score (nSPS) is 12.5. The van der Waals surface area contributed by atoms with Crippen LogP contribution in [0, 0.1) is 0 Å². The number of amides is 1. The number of rotatable bonds is 66. The van der Waals surface area contributed by atoms with E-state index in [-0.39, 0.29) is 18.5 Å². The smallest absolute Gasteiger partial charge is 0.305 e. The molecular weight excluding hydrogens is 935 g/mol. The lowest BCUT2D eigenvalue weighted by Gasteiger charge is -2.20. The number of hydrogen-bond donors (Lipinski definition) is 3. The summed E-state index contributed by atoms with van der Waals surface area (Å²) in [5.74, 6) is -0.0391. The molecule has 2 unspecified atom stereocenters. The maximum atomic E-state index is 12.5. The number of allylic oxidation sites excluding steroid dienone is 1. The van der Waals surface area contributed by atoms with Gasteiger partial charge in [-0.3, -0.25) is 9.59 Å². The molecule has 452 valence electrons. The Labute approximate surface area is 476 Å². The van der Waals surface area contributed by atoms with Gasteiger partial charge in [-0.25, -0.2) is 0 Å². The molecule has 0 saturated carbocycles. The van der Waals surface area contributed by atoms with E-state index < -0.39 is 12.1 Å². The van der Waals surface area contributed by atoms with Crippen molar-refractivity contribution in [1.29, 1.82) is 0 Å². The molecule has 76 heavy (non-hydrogen) atoms. The van der Waals surface area contributed by atoms with Crippen molar-refractivity contribution in [2.24, 2.45) is 0 Å². The second-order valence-electron chi connectivity index (χ2n) is 24.2. The Bertz CT molecular complexity index is 1140. The molecule has 0 aliphatic carbocycles. The van der Waals surface area contributed by atoms with Gasteiger partial charge in [0.05, 0.1) is 25.4 Å². The minimum absolute atomic E-state index is 0.0233. The lowest BCUT2D eigenvalue weighted by molar-refractivity contribution is -0.143. The zero-order chi connectivity index (χ0) is 55.0. The second-order valence-corrected chi connectivity index (χ2v) is 24.2. The van der Waals surface area contributed by atoms with E-state index in [2.05, 4.69) is 19.2 Å². The maximum absolute atomic E-state index is 12.5. The fraction of sp³-hybridized carbons (Fsp3) is 0.943. The van der Waals surface area contributed by atoms with Crippen LogP contribution in [0.15, 0.2) is 12.2 Å². The second kappa shape index (κ2) is 66.1. The van der Waals surface area contributed by atoms with E-state index in [1.165, 1.54) is 334 Å². The van der Waals surface area contributed by atoms with Gasteiger partial charge in [-0.15, -0.1) is 0 Å². The molecule has 0 aliphatic rings. The SMILES string of the molecule is CCCCCCCCCCCCCC/C=C/C(O)C(CO)NC(=O)CCCCCCCCCCCCCCCCCCCCCCCCCCCCCCOC(=O)CCCCCCCCCCCCCCCCCCC. The third-order valence-electron chi connectivity index (χ3n) is 16.6. The van der Waals surface area contributed by atoms with Crippen molar-refractivity contribution in [3.63, 3.8) is 0 Å². The monoisotopic (exact) mass is 1070 g/mol. The highest BCUT2D eigenvalue weighted by Gasteiger charge is 2.18. The number of ether oxygens (including phenoxy) is 1. The number of carbonyl (C=O) groups is 2. The van der Waals surface area contributed by atoms with Crippen molar-refractivity contribution in [2.45, 2.75) is 411 Å². The predicted molar refractivity (Wildman–Crippen MR) is 333 cm³/mol. The summed E-state index contributed by atoms with van der Waals surface area (Å²) >= 11 is 0. The molecule has 6 heteroatoms. The van der Waals surface area contributed by atoms with Gasteiger partial charge in [-0.2, -0.15) is 0 Å². The maximum Gasteiger partial charge on any atom is 0.305 e. The van der Waals surface area contributed by atoms with Gasteiger partial charge in [0.25, 0.3) is 0 Å². The molecule has 0 saturated heterocycles. The summed E-state index contributed by atoms with van der Waals surface area (Å²) < 4.78 is 5.51. The fourth-order valence-electron chi connectivity index (χ4n) is 11.2. The van der Waals surface area contributed by atoms with Gasteiger partial charge >= 0.3 is 5.97 Å². The van der Waals surface area contributed by atoms with E-state index in [0.717, 1.165) is 38.5 Å². The van der Waals surface area contributed by atoms with Crippen LogP contribution in [0.25, 0.3) is 0 Å². The highest BCUT2D eigenvalue weighted by atomic mass is 16.5. The minimum atomic E-state index is -0.841. The lowest BCUT2D eigenvalue weighted by Crippen LogP contribution is -2.45. The average Bonchev–Trinajstić information content (AvgIpc) is 3.42. The molecule has 0 aliphatic heterocycles. The summed E-state index contributed by atoms with van der Waals surface area (Å²) in [6, 6.07) is -0.624. The van der Waals surface area contributed by atoms with Crippen LogP contribution in [0.4, 0.5) is 0 Å². The molecule has 0 fully saturated rings. The molecule has 6 nitrogen and oxygen atoms in total. The van der Waals surface area contributed by atoms with Crippen molar-refractivity contribution in [3.8, 4) is 0 Å². The van der Waals surface area contributed by atoms with Crippen molar-refractivity contribution in [3.05, 3.63) is 12.2 Å². The topological polar surface area (TPSA) is 95.9 Å². The highest BCUT2D eigenvalue weighted by molar-refractivity contribution is 5.76. The van der Waals surface area contributed by atoms with E-state index >= 15 is 0 Å². The average molecular weight is 1070 g/mol. The highest BCUT2D eigenvalue weighted by Crippen LogP contribution is 2.19. The van der Waals surface area contributed by atoms with Gasteiger partial charge in [-0.05, 0) is 32.1 Å². The van der Waals surface area contributed by atoms with E-state index in [9.17, 15) is 19.8 Å². The Morgan fingerprint density at radius 3 is 0.895 bits per heavy atom. The molecule has 0 rings (SSSR count). The Balaban J connectivity index is 3.33. The quantitative estimate of drug-likeness (QED) is 0.0320. The molecule has 0 aromatic carbocycles. The third-order valence-corrected chi connectivity index (χ3v) is 16.6. The molecule has 0 aromatic heterocycles. The first-order valence-corrected chi connectivity index (χ1v) is 35.0. The van der Waals surface area contributed by atoms with Crippen LogP contribution in [0.1, 0.15) is 399 Å². The Hall–Kier alpha value is -1.40. The molecule has 1 amide bonds. The lowest BCUT2D eigenvalue weighted by atomic mass is 10.0. The Morgan fingerprint density at radius 2 is 0.605 bits per heavy atom. The summed E-state index contributed by atoms with van der Waals surface area (Å²) in [7, 11) is 0. The van der Waals surface area contributed by atoms with E-state index in [0.29, 0.717) is 19.4 Å². The number of unbranched alkanes of at least 4 members (excludes halogenated alkanes) is 55. The van der Waals surface area contributed by atoms with Gasteiger partial charge in [0.1, 0.15) is 0 Å².